The van der Waals surface area contributed by atoms with Gasteiger partial charge in [-0.1, -0.05) is 35.9 Å². The molecule has 2 amide bonds. The first-order chi connectivity index (χ1) is 8.50. The number of carbonyl (C=O) groups is 2. The molecule has 0 aliphatic carbocycles. The summed E-state index contributed by atoms with van der Waals surface area (Å²) in [6.45, 7) is 5.79. The zero-order valence-electron chi connectivity index (χ0n) is 10.1. The van der Waals surface area contributed by atoms with E-state index in [2.05, 4.69) is 17.2 Å². The molecule has 0 atom stereocenters. The molecule has 0 aliphatic heterocycles. The molecule has 0 aliphatic rings. The van der Waals surface area contributed by atoms with Crippen molar-refractivity contribution in [2.75, 3.05) is 13.1 Å². The van der Waals surface area contributed by atoms with Crippen LogP contribution < -0.4 is 10.6 Å². The van der Waals surface area contributed by atoms with E-state index < -0.39 is 0 Å². The van der Waals surface area contributed by atoms with Crippen LogP contribution in [0, 0.1) is 0 Å². The number of amides is 2. The van der Waals surface area contributed by atoms with Crippen molar-refractivity contribution >= 4 is 23.4 Å². The van der Waals surface area contributed by atoms with Crippen molar-refractivity contribution in [3.8, 4) is 0 Å². The summed E-state index contributed by atoms with van der Waals surface area (Å²) in [5, 5.41) is 5.47. The van der Waals surface area contributed by atoms with Crippen LogP contribution in [0.5, 0.6) is 0 Å². The monoisotopic (exact) mass is 266 g/mol. The van der Waals surface area contributed by atoms with Gasteiger partial charge in [0.15, 0.2) is 0 Å². The number of halogens is 1. The molecule has 0 fully saturated rings. The highest BCUT2D eigenvalue weighted by Crippen LogP contribution is 2.14. The lowest BCUT2D eigenvalue weighted by molar-refractivity contribution is -0.119. The Balaban J connectivity index is 2.45. The fraction of sp³-hybridized carbons (Fsp3) is 0.231. The Hall–Kier alpha value is -1.81. The second-order valence-corrected chi connectivity index (χ2v) is 4.30. The van der Waals surface area contributed by atoms with Crippen molar-refractivity contribution in [2.24, 2.45) is 0 Å². The molecule has 0 saturated heterocycles. The van der Waals surface area contributed by atoms with Crippen LogP contribution in [0.1, 0.15) is 17.3 Å². The molecular weight excluding hydrogens is 252 g/mol. The van der Waals surface area contributed by atoms with E-state index in [0.717, 1.165) is 5.57 Å². The molecule has 0 bridgehead atoms. The smallest absolute Gasteiger partial charge is 0.253 e. The van der Waals surface area contributed by atoms with Crippen molar-refractivity contribution < 1.29 is 9.59 Å². The predicted octanol–water partition coefficient (Wildman–Crippen LogP) is 1.76. The van der Waals surface area contributed by atoms with Crippen LogP contribution in [0.2, 0.25) is 5.02 Å². The molecule has 1 aromatic rings. The van der Waals surface area contributed by atoms with Crippen LogP contribution >= 0.6 is 11.6 Å². The third kappa shape index (κ3) is 4.59. The number of carbonyl (C=O) groups excluding carboxylic acids is 2. The second kappa shape index (κ2) is 6.81. The molecule has 4 nitrogen and oxygen atoms in total. The maximum absolute atomic E-state index is 11.7. The van der Waals surface area contributed by atoms with E-state index in [-0.39, 0.29) is 18.4 Å². The maximum atomic E-state index is 11.7. The highest BCUT2D eigenvalue weighted by Gasteiger charge is 2.10. The van der Waals surface area contributed by atoms with Crippen LogP contribution in [0.4, 0.5) is 0 Å². The van der Waals surface area contributed by atoms with Crippen LogP contribution in [0.3, 0.4) is 0 Å². The molecule has 0 aromatic heterocycles. The van der Waals surface area contributed by atoms with Crippen LogP contribution in [0.15, 0.2) is 36.4 Å². The third-order valence-electron chi connectivity index (χ3n) is 2.12. The standard InChI is InChI=1S/C13H15ClN2O2/c1-9(2)7-15-12(17)8-16-13(18)10-5-3-4-6-11(10)14/h3-6H,1,7-8H2,2H3,(H,15,17)(H,16,18). The summed E-state index contributed by atoms with van der Waals surface area (Å²) in [6, 6.07) is 6.67. The Morgan fingerprint density at radius 3 is 2.50 bits per heavy atom. The van der Waals surface area contributed by atoms with Crippen molar-refractivity contribution in [1.82, 2.24) is 10.6 Å². The fourth-order valence-corrected chi connectivity index (χ4v) is 1.43. The molecule has 0 heterocycles. The first-order valence-electron chi connectivity index (χ1n) is 5.44. The normalized spacial score (nSPS) is 9.67. The Kier molecular flexibility index (Phi) is 5.39. The van der Waals surface area contributed by atoms with Gasteiger partial charge in [0.2, 0.25) is 5.91 Å². The molecule has 1 aromatic carbocycles. The molecule has 0 radical (unpaired) electrons. The average molecular weight is 267 g/mol. The molecular formula is C13H15ClN2O2. The Morgan fingerprint density at radius 2 is 1.89 bits per heavy atom. The maximum Gasteiger partial charge on any atom is 0.253 e. The summed E-state index contributed by atoms with van der Waals surface area (Å²) in [7, 11) is 0. The number of hydrogen-bond donors (Lipinski definition) is 2. The van der Waals surface area contributed by atoms with Gasteiger partial charge in [-0.25, -0.2) is 0 Å². The van der Waals surface area contributed by atoms with E-state index in [1.165, 1.54) is 0 Å². The van der Waals surface area contributed by atoms with Gasteiger partial charge in [0.05, 0.1) is 17.1 Å². The zero-order chi connectivity index (χ0) is 13.5. The minimum absolute atomic E-state index is 0.0860. The van der Waals surface area contributed by atoms with Crippen LogP contribution in [-0.4, -0.2) is 24.9 Å². The molecule has 1 rings (SSSR count). The molecule has 5 heteroatoms. The van der Waals surface area contributed by atoms with Gasteiger partial charge < -0.3 is 10.6 Å². The SMILES string of the molecule is C=C(C)CNC(=O)CNC(=O)c1ccccc1Cl. The van der Waals surface area contributed by atoms with Gasteiger partial charge >= 0.3 is 0 Å². The molecule has 2 N–H and O–H groups in total. The first kappa shape index (κ1) is 14.3. The third-order valence-corrected chi connectivity index (χ3v) is 2.44. The highest BCUT2D eigenvalue weighted by molar-refractivity contribution is 6.33. The number of nitrogens with one attached hydrogen (secondary N) is 2. The molecule has 0 spiro atoms. The van der Waals surface area contributed by atoms with E-state index in [1.54, 1.807) is 24.3 Å². The predicted molar refractivity (Wildman–Crippen MR) is 71.6 cm³/mol. The summed E-state index contributed by atoms with van der Waals surface area (Å²) in [5.74, 6) is -0.635. The molecule has 0 saturated carbocycles. The van der Waals surface area contributed by atoms with E-state index in [1.807, 2.05) is 6.92 Å². The van der Waals surface area contributed by atoms with Gasteiger partial charge in [-0.15, -0.1) is 0 Å². The molecule has 96 valence electrons. The summed E-state index contributed by atoms with van der Waals surface area (Å²) in [6.07, 6.45) is 0. The minimum Gasteiger partial charge on any atom is -0.351 e. The van der Waals surface area contributed by atoms with E-state index in [9.17, 15) is 9.59 Å². The fourth-order valence-electron chi connectivity index (χ4n) is 1.21. The highest BCUT2D eigenvalue weighted by atomic mass is 35.5. The van der Waals surface area contributed by atoms with Crippen molar-refractivity contribution in [3.63, 3.8) is 0 Å². The molecule has 0 unspecified atom stereocenters. The molecule has 18 heavy (non-hydrogen) atoms. The second-order valence-electron chi connectivity index (χ2n) is 3.90. The Labute approximate surface area is 111 Å². The lowest BCUT2D eigenvalue weighted by Crippen LogP contribution is -2.37. The van der Waals surface area contributed by atoms with Gasteiger partial charge in [0.1, 0.15) is 0 Å². The van der Waals surface area contributed by atoms with Gasteiger partial charge in [-0.2, -0.15) is 0 Å². The van der Waals surface area contributed by atoms with Crippen LogP contribution in [-0.2, 0) is 4.79 Å². The number of rotatable bonds is 5. The van der Waals surface area contributed by atoms with Crippen molar-refractivity contribution in [1.29, 1.82) is 0 Å². The lowest BCUT2D eigenvalue weighted by atomic mass is 10.2. The van der Waals surface area contributed by atoms with Crippen LogP contribution in [0.25, 0.3) is 0 Å². The minimum atomic E-state index is -0.369. The topological polar surface area (TPSA) is 58.2 Å². The number of benzene rings is 1. The van der Waals surface area contributed by atoms with Gasteiger partial charge in [-0.3, -0.25) is 9.59 Å². The Bertz CT molecular complexity index is 472. The summed E-state index contributed by atoms with van der Waals surface area (Å²) < 4.78 is 0. The zero-order valence-corrected chi connectivity index (χ0v) is 10.9. The van der Waals surface area contributed by atoms with Gasteiger partial charge in [0.25, 0.3) is 5.91 Å². The van der Waals surface area contributed by atoms with Gasteiger partial charge in [-0.05, 0) is 19.1 Å². The van der Waals surface area contributed by atoms with E-state index in [0.29, 0.717) is 17.1 Å². The van der Waals surface area contributed by atoms with Gasteiger partial charge in [0, 0.05) is 6.54 Å². The summed E-state index contributed by atoms with van der Waals surface area (Å²) in [4.78, 5) is 23.1. The lowest BCUT2D eigenvalue weighted by Gasteiger charge is -2.07. The Morgan fingerprint density at radius 1 is 1.22 bits per heavy atom. The summed E-state index contributed by atoms with van der Waals surface area (Å²) in [5.41, 5.74) is 1.20. The number of hydrogen-bond acceptors (Lipinski definition) is 2. The largest absolute Gasteiger partial charge is 0.351 e. The first-order valence-corrected chi connectivity index (χ1v) is 5.82. The van der Waals surface area contributed by atoms with E-state index in [4.69, 9.17) is 11.6 Å². The summed E-state index contributed by atoms with van der Waals surface area (Å²) >= 11 is 5.86. The van der Waals surface area contributed by atoms with E-state index >= 15 is 0 Å². The average Bonchev–Trinajstić information content (AvgIpc) is 2.34. The van der Waals surface area contributed by atoms with Crippen molar-refractivity contribution in [2.45, 2.75) is 6.92 Å². The van der Waals surface area contributed by atoms with Crippen molar-refractivity contribution in [3.05, 3.63) is 47.0 Å². The quantitative estimate of drug-likeness (QED) is 0.798.